The van der Waals surface area contributed by atoms with Crippen molar-refractivity contribution >= 4 is 17.5 Å². The van der Waals surface area contributed by atoms with Gasteiger partial charge in [0.25, 0.3) is 0 Å². The fourth-order valence-electron chi connectivity index (χ4n) is 1.85. The first-order chi connectivity index (χ1) is 10.7. The molecule has 0 aliphatic heterocycles. The second-order valence-corrected chi connectivity index (χ2v) is 6.76. The number of nitrogens with zero attached hydrogens (tertiary/aromatic N) is 2. The van der Waals surface area contributed by atoms with Gasteiger partial charge in [0.2, 0.25) is 5.06 Å². The number of hydrogen-bond acceptors (Lipinski definition) is 6. The number of aryl methyl sites for hydroxylation is 1. The molecule has 2 aromatic rings. The summed E-state index contributed by atoms with van der Waals surface area (Å²) in [6.07, 6.45) is -1.38. The average Bonchev–Trinajstić information content (AvgIpc) is 2.78. The molecular formula is C16H16N2O4S. The van der Waals surface area contributed by atoms with E-state index < -0.39 is 11.8 Å². The summed E-state index contributed by atoms with van der Waals surface area (Å²) in [6, 6.07) is 7.28. The Hall–Kier alpha value is -2.59. The molecule has 0 saturated heterocycles. The molecule has 0 radical (unpaired) electrons. The Balaban J connectivity index is 2.38. The van der Waals surface area contributed by atoms with Crippen LogP contribution in [-0.4, -0.2) is 21.8 Å². The highest BCUT2D eigenvalue weighted by atomic mass is 32.1. The number of nitriles is 1. The number of thiazole rings is 1. The van der Waals surface area contributed by atoms with E-state index in [9.17, 15) is 10.1 Å². The number of benzene rings is 1. The first-order valence-electron chi connectivity index (χ1n) is 6.81. The number of hydrogen-bond donors (Lipinski definition) is 1. The minimum absolute atomic E-state index is 0.223. The predicted molar refractivity (Wildman–Crippen MR) is 86.0 cm³/mol. The number of carboxylic acid groups (broad SMARTS) is 1. The van der Waals surface area contributed by atoms with Gasteiger partial charge in [-0.1, -0.05) is 11.3 Å². The van der Waals surface area contributed by atoms with Crippen LogP contribution >= 0.6 is 11.3 Å². The molecule has 1 heterocycles. The van der Waals surface area contributed by atoms with Crippen molar-refractivity contribution in [1.82, 2.24) is 4.98 Å². The molecule has 1 aromatic heterocycles. The van der Waals surface area contributed by atoms with Crippen molar-refractivity contribution in [3.63, 3.8) is 0 Å². The lowest BCUT2D eigenvalue weighted by Crippen LogP contribution is -2.23. The van der Waals surface area contributed by atoms with Gasteiger partial charge in [0.1, 0.15) is 22.4 Å². The number of rotatable bonds is 3. The van der Waals surface area contributed by atoms with Crippen molar-refractivity contribution in [2.75, 3.05) is 0 Å². The second-order valence-electron chi connectivity index (χ2n) is 5.80. The Morgan fingerprint density at radius 1 is 1.39 bits per heavy atom. The van der Waals surface area contributed by atoms with Crippen molar-refractivity contribution in [1.29, 1.82) is 5.26 Å². The first kappa shape index (κ1) is 16.8. The van der Waals surface area contributed by atoms with E-state index >= 15 is 0 Å². The molecule has 0 unspecified atom stereocenters. The summed E-state index contributed by atoms with van der Waals surface area (Å²) in [4.78, 5) is 14.9. The molecule has 0 aliphatic carbocycles. The minimum Gasteiger partial charge on any atom is -0.487 e. The number of aromatic nitrogens is 1. The van der Waals surface area contributed by atoms with E-state index in [0.29, 0.717) is 27.6 Å². The van der Waals surface area contributed by atoms with E-state index in [-0.39, 0.29) is 5.06 Å². The third-order valence-electron chi connectivity index (χ3n) is 2.70. The lowest BCUT2D eigenvalue weighted by atomic mass is 10.1. The van der Waals surface area contributed by atoms with Crippen LogP contribution in [0.4, 0.5) is 4.79 Å². The summed E-state index contributed by atoms with van der Waals surface area (Å²) in [6.45, 7) is 7.38. The van der Waals surface area contributed by atoms with Crippen LogP contribution in [0.2, 0.25) is 0 Å². The summed E-state index contributed by atoms with van der Waals surface area (Å²) >= 11 is 1.11. The Morgan fingerprint density at radius 2 is 2.09 bits per heavy atom. The first-order valence-corrected chi connectivity index (χ1v) is 7.63. The minimum atomic E-state index is -1.38. The van der Waals surface area contributed by atoms with Gasteiger partial charge in [0.05, 0.1) is 11.3 Å². The smallest absolute Gasteiger partial charge is 0.487 e. The SMILES string of the molecule is Cc1nc(-c2ccc(OC(C)(C)C)c(C#N)c2)sc1OC(=O)O. The Bertz CT molecular complexity index is 784. The Labute approximate surface area is 137 Å². The molecule has 120 valence electrons. The molecule has 7 heteroatoms. The number of ether oxygens (including phenoxy) is 2. The van der Waals surface area contributed by atoms with Gasteiger partial charge >= 0.3 is 6.16 Å². The zero-order valence-corrected chi connectivity index (χ0v) is 14.0. The van der Waals surface area contributed by atoms with Gasteiger partial charge in [-0.15, -0.1) is 0 Å². The van der Waals surface area contributed by atoms with Crippen LogP contribution < -0.4 is 9.47 Å². The van der Waals surface area contributed by atoms with Crippen LogP contribution in [-0.2, 0) is 0 Å². The highest BCUT2D eigenvalue weighted by molar-refractivity contribution is 7.17. The fourth-order valence-corrected chi connectivity index (χ4v) is 2.76. The monoisotopic (exact) mass is 332 g/mol. The molecule has 1 aromatic carbocycles. The lowest BCUT2D eigenvalue weighted by molar-refractivity contribution is 0.130. The van der Waals surface area contributed by atoms with Gasteiger partial charge in [-0.3, -0.25) is 0 Å². The van der Waals surface area contributed by atoms with Gasteiger partial charge < -0.3 is 14.6 Å². The van der Waals surface area contributed by atoms with Crippen LogP contribution in [0.1, 0.15) is 32.0 Å². The lowest BCUT2D eigenvalue weighted by Gasteiger charge is -2.22. The van der Waals surface area contributed by atoms with Crippen molar-refractivity contribution in [2.24, 2.45) is 0 Å². The molecule has 0 bridgehead atoms. The maximum atomic E-state index is 10.6. The van der Waals surface area contributed by atoms with Gasteiger partial charge in [-0.05, 0) is 45.9 Å². The van der Waals surface area contributed by atoms with Crippen molar-refractivity contribution in [3.05, 3.63) is 29.5 Å². The molecule has 0 amide bonds. The number of carbonyl (C=O) groups is 1. The van der Waals surface area contributed by atoms with E-state index in [1.165, 1.54) is 0 Å². The van der Waals surface area contributed by atoms with Crippen LogP contribution in [0.3, 0.4) is 0 Å². The van der Waals surface area contributed by atoms with Crippen LogP contribution in [0.15, 0.2) is 18.2 Å². The standard InChI is InChI=1S/C16H16N2O4S/c1-9-14(21-15(19)20)23-13(18-9)10-5-6-12(11(7-10)8-17)22-16(2,3)4/h5-7H,1-4H3,(H,19,20). The van der Waals surface area contributed by atoms with Crippen molar-refractivity contribution in [2.45, 2.75) is 33.3 Å². The normalized spacial score (nSPS) is 10.9. The van der Waals surface area contributed by atoms with E-state index in [0.717, 1.165) is 11.3 Å². The van der Waals surface area contributed by atoms with Crippen molar-refractivity contribution < 1.29 is 19.4 Å². The van der Waals surface area contributed by atoms with Gasteiger partial charge in [0, 0.05) is 5.56 Å². The topological polar surface area (TPSA) is 92.4 Å². The van der Waals surface area contributed by atoms with E-state index in [1.807, 2.05) is 20.8 Å². The summed E-state index contributed by atoms with van der Waals surface area (Å²) in [5.41, 5.74) is 1.18. The quantitative estimate of drug-likeness (QED) is 0.846. The van der Waals surface area contributed by atoms with E-state index in [1.54, 1.807) is 25.1 Å². The van der Waals surface area contributed by atoms with Crippen LogP contribution in [0.25, 0.3) is 10.6 Å². The molecule has 6 nitrogen and oxygen atoms in total. The Morgan fingerprint density at radius 3 is 2.65 bits per heavy atom. The second kappa shape index (κ2) is 6.26. The molecular weight excluding hydrogens is 316 g/mol. The summed E-state index contributed by atoms with van der Waals surface area (Å²) < 4.78 is 10.4. The summed E-state index contributed by atoms with van der Waals surface area (Å²) in [5, 5.41) is 18.8. The molecule has 1 N–H and O–H groups in total. The van der Waals surface area contributed by atoms with E-state index in [2.05, 4.69) is 15.8 Å². The summed E-state index contributed by atoms with van der Waals surface area (Å²) in [7, 11) is 0. The predicted octanol–water partition coefficient (Wildman–Crippen LogP) is 4.22. The molecule has 0 fully saturated rings. The van der Waals surface area contributed by atoms with Gasteiger partial charge in [-0.2, -0.15) is 5.26 Å². The van der Waals surface area contributed by atoms with Gasteiger partial charge in [-0.25, -0.2) is 9.78 Å². The highest BCUT2D eigenvalue weighted by Crippen LogP contribution is 2.35. The zero-order valence-electron chi connectivity index (χ0n) is 13.2. The maximum Gasteiger partial charge on any atom is 0.512 e. The maximum absolute atomic E-state index is 10.6. The largest absolute Gasteiger partial charge is 0.512 e. The fraction of sp³-hybridized carbons (Fsp3) is 0.312. The molecule has 0 spiro atoms. The van der Waals surface area contributed by atoms with Gasteiger partial charge in [0.15, 0.2) is 0 Å². The Kier molecular flexibility index (Phi) is 4.57. The zero-order chi connectivity index (χ0) is 17.2. The molecule has 23 heavy (non-hydrogen) atoms. The third-order valence-corrected chi connectivity index (χ3v) is 3.78. The molecule has 0 aliphatic rings. The third kappa shape index (κ3) is 4.20. The molecule has 0 atom stereocenters. The van der Waals surface area contributed by atoms with E-state index in [4.69, 9.17) is 9.84 Å². The van der Waals surface area contributed by atoms with Crippen molar-refractivity contribution in [3.8, 4) is 27.5 Å². The summed E-state index contributed by atoms with van der Waals surface area (Å²) in [5.74, 6) is 0.499. The van der Waals surface area contributed by atoms with Crippen LogP contribution in [0.5, 0.6) is 10.8 Å². The molecule has 2 rings (SSSR count). The van der Waals surface area contributed by atoms with Crippen LogP contribution in [0, 0.1) is 18.3 Å². The highest BCUT2D eigenvalue weighted by Gasteiger charge is 2.17. The average molecular weight is 332 g/mol. The molecule has 0 saturated carbocycles.